The molecule has 0 aliphatic heterocycles. The minimum Gasteiger partial charge on any atom is -0.507 e. The number of phenolic OH excluding ortho intramolecular Hbond substituents is 1. The lowest BCUT2D eigenvalue weighted by atomic mass is 9.96. The Morgan fingerprint density at radius 3 is 2.38 bits per heavy atom. The van der Waals surface area contributed by atoms with Crippen LogP contribution in [0.5, 0.6) is 17.2 Å². The van der Waals surface area contributed by atoms with Crippen LogP contribution in [0, 0.1) is 6.92 Å². The summed E-state index contributed by atoms with van der Waals surface area (Å²) < 4.78 is 34.7. The van der Waals surface area contributed by atoms with E-state index in [2.05, 4.69) is 0 Å². The zero-order valence-corrected chi connectivity index (χ0v) is 19.7. The van der Waals surface area contributed by atoms with Crippen LogP contribution in [0.4, 0.5) is 0 Å². The first-order valence-corrected chi connectivity index (χ1v) is 12.4. The number of hydrogen-bond acceptors (Lipinski definition) is 6. The lowest BCUT2D eigenvalue weighted by molar-refractivity contribution is -0.136. The third kappa shape index (κ3) is 7.44. The fourth-order valence-electron chi connectivity index (χ4n) is 3.43. The van der Waals surface area contributed by atoms with E-state index in [1.165, 1.54) is 7.11 Å². The minimum atomic E-state index is -3.66. The predicted molar refractivity (Wildman–Crippen MR) is 123 cm³/mol. The molecule has 0 aromatic heterocycles. The van der Waals surface area contributed by atoms with Gasteiger partial charge in [-0.3, -0.25) is 4.79 Å². The predicted octanol–water partition coefficient (Wildman–Crippen LogP) is 4.41. The van der Waals surface area contributed by atoms with Gasteiger partial charge in [-0.05, 0) is 73.4 Å². The van der Waals surface area contributed by atoms with Gasteiger partial charge in [0, 0.05) is 6.42 Å². The SMILES string of the molecule is CCCCS(=O)(=O)Oc1ccc(CCCc2ccc(CCC(=O)O)c(C)c2O)cc1OC. The molecule has 2 aromatic carbocycles. The van der Waals surface area contributed by atoms with Gasteiger partial charge in [-0.15, -0.1) is 0 Å². The van der Waals surface area contributed by atoms with Crippen molar-refractivity contribution in [3.05, 3.63) is 52.6 Å². The fraction of sp³-hybridized carbons (Fsp3) is 0.458. The largest absolute Gasteiger partial charge is 0.507 e. The van der Waals surface area contributed by atoms with Crippen molar-refractivity contribution in [1.82, 2.24) is 0 Å². The van der Waals surface area contributed by atoms with Crippen LogP contribution in [0.1, 0.15) is 54.9 Å². The highest BCUT2D eigenvalue weighted by molar-refractivity contribution is 7.87. The van der Waals surface area contributed by atoms with Crippen molar-refractivity contribution in [2.45, 2.75) is 58.8 Å². The molecule has 2 aromatic rings. The highest BCUT2D eigenvalue weighted by atomic mass is 32.2. The summed E-state index contributed by atoms with van der Waals surface area (Å²) in [6.07, 6.45) is 3.84. The van der Waals surface area contributed by atoms with E-state index in [4.69, 9.17) is 14.0 Å². The summed E-state index contributed by atoms with van der Waals surface area (Å²) in [5.74, 6) is -0.140. The van der Waals surface area contributed by atoms with E-state index in [0.29, 0.717) is 31.4 Å². The molecule has 32 heavy (non-hydrogen) atoms. The van der Waals surface area contributed by atoms with E-state index in [1.54, 1.807) is 19.1 Å². The molecule has 8 heteroatoms. The second-order valence-electron chi connectivity index (χ2n) is 7.79. The lowest BCUT2D eigenvalue weighted by Gasteiger charge is -2.13. The molecule has 0 bridgehead atoms. The van der Waals surface area contributed by atoms with E-state index in [9.17, 15) is 18.3 Å². The molecule has 0 saturated heterocycles. The average molecular weight is 465 g/mol. The highest BCUT2D eigenvalue weighted by Gasteiger charge is 2.16. The van der Waals surface area contributed by atoms with Gasteiger partial charge in [0.25, 0.3) is 0 Å². The van der Waals surface area contributed by atoms with Gasteiger partial charge in [0.05, 0.1) is 12.9 Å². The number of hydrogen-bond donors (Lipinski definition) is 2. The number of benzene rings is 2. The van der Waals surface area contributed by atoms with Gasteiger partial charge in [0.15, 0.2) is 11.5 Å². The summed E-state index contributed by atoms with van der Waals surface area (Å²) in [6.45, 7) is 3.72. The molecule has 2 N–H and O–H groups in total. The van der Waals surface area contributed by atoms with Gasteiger partial charge in [-0.25, -0.2) is 0 Å². The first kappa shape index (κ1) is 25.5. The van der Waals surface area contributed by atoms with Crippen molar-refractivity contribution in [3.63, 3.8) is 0 Å². The van der Waals surface area contributed by atoms with Crippen molar-refractivity contribution in [2.24, 2.45) is 0 Å². The number of ether oxygens (including phenoxy) is 1. The summed E-state index contributed by atoms with van der Waals surface area (Å²) in [7, 11) is -2.19. The Bertz CT molecular complexity index is 1030. The van der Waals surface area contributed by atoms with Gasteiger partial charge in [-0.2, -0.15) is 8.42 Å². The van der Waals surface area contributed by atoms with Gasteiger partial charge in [0.2, 0.25) is 0 Å². The molecule has 0 saturated carbocycles. The van der Waals surface area contributed by atoms with E-state index in [0.717, 1.165) is 35.1 Å². The zero-order valence-electron chi connectivity index (χ0n) is 18.9. The molecule has 2 rings (SSSR count). The average Bonchev–Trinajstić information content (AvgIpc) is 2.75. The molecular weight excluding hydrogens is 432 g/mol. The van der Waals surface area contributed by atoms with Gasteiger partial charge in [-0.1, -0.05) is 31.5 Å². The number of aliphatic carboxylic acids is 1. The van der Waals surface area contributed by atoms with E-state index in [1.807, 2.05) is 25.1 Å². The van der Waals surface area contributed by atoms with Gasteiger partial charge >= 0.3 is 16.1 Å². The highest BCUT2D eigenvalue weighted by Crippen LogP contribution is 2.31. The number of carboxylic acid groups (broad SMARTS) is 1. The number of rotatable bonds is 13. The Hall–Kier alpha value is -2.74. The molecule has 0 aliphatic rings. The maximum atomic E-state index is 12.1. The number of carbonyl (C=O) groups is 1. The van der Waals surface area contributed by atoms with Crippen LogP contribution in [0.2, 0.25) is 0 Å². The van der Waals surface area contributed by atoms with Crippen LogP contribution >= 0.6 is 0 Å². The van der Waals surface area contributed by atoms with E-state index in [-0.39, 0.29) is 23.7 Å². The van der Waals surface area contributed by atoms with E-state index >= 15 is 0 Å². The van der Waals surface area contributed by atoms with E-state index < -0.39 is 16.1 Å². The monoisotopic (exact) mass is 464 g/mol. The standard InChI is InChI=1S/C24H32O7S/c1-4-5-15-32(28,29)31-21-13-9-18(16-22(21)30-3)7-6-8-20-11-10-19(12-14-23(25)26)17(2)24(20)27/h9-11,13,16,27H,4-8,12,14-15H2,1-3H3,(H,25,26). The van der Waals surface area contributed by atoms with Crippen molar-refractivity contribution in [1.29, 1.82) is 0 Å². The molecule has 0 radical (unpaired) electrons. The Balaban J connectivity index is 2.01. The second-order valence-corrected chi connectivity index (χ2v) is 9.48. The molecule has 0 heterocycles. The topological polar surface area (TPSA) is 110 Å². The van der Waals surface area contributed by atoms with Gasteiger partial charge in [0.1, 0.15) is 5.75 Å². The Morgan fingerprint density at radius 1 is 1.00 bits per heavy atom. The molecule has 0 spiro atoms. The zero-order chi connectivity index (χ0) is 23.7. The lowest BCUT2D eigenvalue weighted by Crippen LogP contribution is -2.14. The third-order valence-corrected chi connectivity index (χ3v) is 6.56. The molecule has 0 unspecified atom stereocenters. The number of aryl methyl sites for hydroxylation is 3. The minimum absolute atomic E-state index is 0.0288. The van der Waals surface area contributed by atoms with Crippen molar-refractivity contribution >= 4 is 16.1 Å². The number of carboxylic acids is 1. The van der Waals surface area contributed by atoms with Crippen LogP contribution in [0.25, 0.3) is 0 Å². The molecule has 0 amide bonds. The summed E-state index contributed by atoms with van der Waals surface area (Å²) in [5.41, 5.74) is 3.34. The number of methoxy groups -OCH3 is 1. The first-order valence-electron chi connectivity index (χ1n) is 10.8. The molecular formula is C24H32O7S. The van der Waals surface area contributed by atoms with Crippen molar-refractivity contribution in [2.75, 3.05) is 12.9 Å². The third-order valence-electron chi connectivity index (χ3n) is 5.34. The molecule has 0 aliphatic carbocycles. The smallest absolute Gasteiger partial charge is 0.309 e. The van der Waals surface area contributed by atoms with Crippen LogP contribution in [-0.2, 0) is 34.2 Å². The number of phenols is 1. The molecule has 7 nitrogen and oxygen atoms in total. The van der Waals surface area contributed by atoms with Crippen molar-refractivity contribution in [3.8, 4) is 17.2 Å². The summed E-state index contributed by atoms with van der Waals surface area (Å²) in [6, 6.07) is 8.91. The summed E-state index contributed by atoms with van der Waals surface area (Å²) >= 11 is 0. The summed E-state index contributed by atoms with van der Waals surface area (Å²) in [4.78, 5) is 10.8. The summed E-state index contributed by atoms with van der Waals surface area (Å²) in [5, 5.41) is 19.3. The first-order chi connectivity index (χ1) is 15.2. The van der Waals surface area contributed by atoms with Crippen molar-refractivity contribution < 1.29 is 32.3 Å². The van der Waals surface area contributed by atoms with Crippen LogP contribution in [-0.4, -0.2) is 37.5 Å². The second kappa shape index (κ2) is 11.8. The quantitative estimate of drug-likeness (QED) is 0.423. The maximum absolute atomic E-state index is 12.1. The Kier molecular flexibility index (Phi) is 9.38. The maximum Gasteiger partial charge on any atom is 0.309 e. The van der Waals surface area contributed by atoms with Crippen LogP contribution < -0.4 is 8.92 Å². The van der Waals surface area contributed by atoms with Gasteiger partial charge < -0.3 is 19.1 Å². The Morgan fingerprint density at radius 2 is 1.72 bits per heavy atom. The Labute approximate surface area is 190 Å². The molecule has 176 valence electrons. The fourth-order valence-corrected chi connectivity index (χ4v) is 4.57. The number of aromatic hydroxyl groups is 1. The van der Waals surface area contributed by atoms with Crippen LogP contribution in [0.15, 0.2) is 30.3 Å². The normalized spacial score (nSPS) is 11.3. The molecule has 0 atom stereocenters. The van der Waals surface area contributed by atoms with Crippen LogP contribution in [0.3, 0.4) is 0 Å². The molecule has 0 fully saturated rings. The number of unbranched alkanes of at least 4 members (excludes halogenated alkanes) is 1.